The molecule has 10 heteroatoms. The highest BCUT2D eigenvalue weighted by Crippen LogP contribution is 2.11. The molecule has 0 radical (unpaired) electrons. The topological polar surface area (TPSA) is 105 Å². The summed E-state index contributed by atoms with van der Waals surface area (Å²) < 4.78 is 20.7. The quantitative estimate of drug-likeness (QED) is 0.495. The minimum absolute atomic E-state index is 0.170. The SMILES string of the molecule is CCC(=O)O[SiH](CC[SiH](OC(=O)CC)OC(=O)CC)OC(=O)CC. The summed E-state index contributed by atoms with van der Waals surface area (Å²) in [6.07, 6.45) is 0.681. The minimum atomic E-state index is -2.60. The van der Waals surface area contributed by atoms with E-state index in [1.165, 1.54) is 0 Å². The zero-order valence-corrected chi connectivity index (χ0v) is 17.0. The van der Waals surface area contributed by atoms with Crippen molar-refractivity contribution in [1.29, 1.82) is 0 Å². The van der Waals surface area contributed by atoms with Crippen molar-refractivity contribution in [3.63, 3.8) is 0 Å². The third kappa shape index (κ3) is 10.2. The second-order valence-electron chi connectivity index (χ2n) is 4.81. The zero-order valence-electron chi connectivity index (χ0n) is 14.7. The van der Waals surface area contributed by atoms with Crippen molar-refractivity contribution in [1.82, 2.24) is 0 Å². The van der Waals surface area contributed by atoms with E-state index in [9.17, 15) is 19.2 Å². The first-order valence-electron chi connectivity index (χ1n) is 8.13. The maximum absolute atomic E-state index is 11.4. The van der Waals surface area contributed by atoms with E-state index >= 15 is 0 Å². The van der Waals surface area contributed by atoms with Crippen LogP contribution >= 0.6 is 0 Å². The van der Waals surface area contributed by atoms with Gasteiger partial charge in [-0.3, -0.25) is 19.2 Å². The van der Waals surface area contributed by atoms with Crippen molar-refractivity contribution < 1.29 is 36.9 Å². The maximum Gasteiger partial charge on any atom is 0.448 e. The first kappa shape index (κ1) is 22.3. The second-order valence-corrected chi connectivity index (χ2v) is 8.63. The van der Waals surface area contributed by atoms with Crippen LogP contribution in [0.1, 0.15) is 53.4 Å². The van der Waals surface area contributed by atoms with Gasteiger partial charge >= 0.3 is 18.6 Å². The highest BCUT2D eigenvalue weighted by atomic mass is 28.3. The maximum atomic E-state index is 11.4. The van der Waals surface area contributed by atoms with Gasteiger partial charge < -0.3 is 17.7 Å². The summed E-state index contributed by atoms with van der Waals surface area (Å²) in [5.41, 5.74) is 0. The lowest BCUT2D eigenvalue weighted by Gasteiger charge is -2.19. The van der Waals surface area contributed by atoms with Crippen LogP contribution in [0.2, 0.25) is 12.1 Å². The van der Waals surface area contributed by atoms with Crippen LogP contribution in [0.5, 0.6) is 0 Å². The lowest BCUT2D eigenvalue weighted by molar-refractivity contribution is -0.142. The number of rotatable bonds is 11. The van der Waals surface area contributed by atoms with E-state index in [0.717, 1.165) is 0 Å². The van der Waals surface area contributed by atoms with Gasteiger partial charge in [0.15, 0.2) is 0 Å². The zero-order chi connectivity index (χ0) is 18.5. The van der Waals surface area contributed by atoms with E-state index in [4.69, 9.17) is 17.7 Å². The van der Waals surface area contributed by atoms with Crippen LogP contribution in [-0.2, 0) is 36.9 Å². The summed E-state index contributed by atoms with van der Waals surface area (Å²) in [5, 5.41) is 0. The average molecular weight is 379 g/mol. The van der Waals surface area contributed by atoms with Crippen molar-refractivity contribution in [2.45, 2.75) is 65.5 Å². The molecule has 0 aromatic rings. The molecule has 0 bridgehead atoms. The highest BCUT2D eigenvalue weighted by Gasteiger charge is 2.28. The summed E-state index contributed by atoms with van der Waals surface area (Å²) in [7, 11) is -5.19. The van der Waals surface area contributed by atoms with E-state index < -0.39 is 42.4 Å². The molecule has 0 fully saturated rings. The van der Waals surface area contributed by atoms with Crippen molar-refractivity contribution in [2.24, 2.45) is 0 Å². The van der Waals surface area contributed by atoms with Crippen LogP contribution in [-0.4, -0.2) is 42.4 Å². The second kappa shape index (κ2) is 12.7. The molecule has 0 aliphatic rings. The van der Waals surface area contributed by atoms with Crippen LogP contribution < -0.4 is 0 Å². The van der Waals surface area contributed by atoms with Gasteiger partial charge in [-0.05, 0) is 0 Å². The van der Waals surface area contributed by atoms with Gasteiger partial charge in [-0.25, -0.2) is 0 Å². The molecule has 24 heavy (non-hydrogen) atoms. The standard InChI is InChI=1S/C14H26O8Si2/c1-5-11(15)19-23(20-12(16)6-2)9-10-24(21-13(17)7-3)22-14(18)8-4/h23-24H,5-10H2,1-4H3. The highest BCUT2D eigenvalue weighted by molar-refractivity contribution is 6.54. The first-order valence-corrected chi connectivity index (χ1v) is 11.7. The molecule has 0 aliphatic carbocycles. The Morgan fingerprint density at radius 2 is 0.750 bits per heavy atom. The number of carbonyl (C=O) groups is 4. The predicted octanol–water partition coefficient (Wildman–Crippen LogP) is 1.24. The minimum Gasteiger partial charge on any atom is -0.487 e. The summed E-state index contributed by atoms with van der Waals surface area (Å²) in [6, 6.07) is 0.477. The molecule has 0 heterocycles. The monoisotopic (exact) mass is 378 g/mol. The largest absolute Gasteiger partial charge is 0.487 e. The van der Waals surface area contributed by atoms with Gasteiger partial charge in [0.05, 0.1) is 0 Å². The van der Waals surface area contributed by atoms with E-state index in [2.05, 4.69) is 0 Å². The van der Waals surface area contributed by atoms with Crippen LogP contribution in [0, 0.1) is 0 Å². The Morgan fingerprint density at radius 1 is 0.542 bits per heavy atom. The molecule has 0 amide bonds. The van der Waals surface area contributed by atoms with Crippen molar-refractivity contribution in [3.05, 3.63) is 0 Å². The van der Waals surface area contributed by atoms with Gasteiger partial charge in [0, 0.05) is 37.8 Å². The van der Waals surface area contributed by atoms with Crippen molar-refractivity contribution in [2.75, 3.05) is 0 Å². The Balaban J connectivity index is 4.78. The van der Waals surface area contributed by atoms with Gasteiger partial charge in [-0.15, -0.1) is 0 Å². The molecular formula is C14H26O8Si2. The molecule has 0 atom stereocenters. The summed E-state index contributed by atoms with van der Waals surface area (Å²) in [5.74, 6) is -1.82. The molecule has 0 unspecified atom stereocenters. The predicted molar refractivity (Wildman–Crippen MR) is 89.4 cm³/mol. The Bertz CT molecular complexity index is 364. The molecule has 0 rings (SSSR count). The molecular weight excluding hydrogens is 352 g/mol. The molecule has 0 saturated carbocycles. The fourth-order valence-electron chi connectivity index (χ4n) is 1.48. The average Bonchev–Trinajstić information content (AvgIpc) is 2.58. The van der Waals surface area contributed by atoms with Gasteiger partial charge in [-0.1, -0.05) is 27.7 Å². The number of hydrogen-bond acceptors (Lipinski definition) is 8. The lowest BCUT2D eigenvalue weighted by atomic mass is 10.5. The Labute approximate surface area is 145 Å². The molecule has 8 nitrogen and oxygen atoms in total. The van der Waals surface area contributed by atoms with Gasteiger partial charge in [-0.2, -0.15) is 0 Å². The first-order chi connectivity index (χ1) is 11.4. The van der Waals surface area contributed by atoms with Gasteiger partial charge in [0.2, 0.25) is 0 Å². The Kier molecular flexibility index (Phi) is 11.8. The van der Waals surface area contributed by atoms with Gasteiger partial charge in [0.25, 0.3) is 23.9 Å². The van der Waals surface area contributed by atoms with Crippen LogP contribution in [0.25, 0.3) is 0 Å². The molecule has 0 N–H and O–H groups in total. The third-order valence-electron chi connectivity index (χ3n) is 2.84. The third-order valence-corrected chi connectivity index (χ3v) is 7.22. The number of carbonyl (C=O) groups excluding carboxylic acids is 4. The normalized spacial score (nSPS) is 10.4. The van der Waals surface area contributed by atoms with E-state index in [-0.39, 0.29) is 37.8 Å². The van der Waals surface area contributed by atoms with E-state index in [1.807, 2.05) is 0 Å². The molecule has 138 valence electrons. The fraction of sp³-hybridized carbons (Fsp3) is 0.714. The fourth-order valence-corrected chi connectivity index (χ4v) is 6.06. The Hall–Kier alpha value is -1.69. The van der Waals surface area contributed by atoms with Crippen LogP contribution in [0.4, 0.5) is 0 Å². The van der Waals surface area contributed by atoms with E-state index in [1.54, 1.807) is 27.7 Å². The molecule has 0 aromatic heterocycles. The summed E-state index contributed by atoms with van der Waals surface area (Å²) >= 11 is 0. The molecule has 0 aliphatic heterocycles. The van der Waals surface area contributed by atoms with Crippen molar-refractivity contribution >= 4 is 42.4 Å². The molecule has 0 spiro atoms. The van der Waals surface area contributed by atoms with Gasteiger partial charge in [0.1, 0.15) is 0 Å². The van der Waals surface area contributed by atoms with Crippen LogP contribution in [0.15, 0.2) is 0 Å². The molecule has 0 saturated heterocycles. The number of hydrogen-bond donors (Lipinski definition) is 0. The Morgan fingerprint density at radius 3 is 0.917 bits per heavy atom. The van der Waals surface area contributed by atoms with E-state index in [0.29, 0.717) is 0 Å². The lowest BCUT2D eigenvalue weighted by Crippen LogP contribution is -2.34. The smallest absolute Gasteiger partial charge is 0.448 e. The summed E-state index contributed by atoms with van der Waals surface area (Å²) in [6.45, 7) is 6.55. The van der Waals surface area contributed by atoms with Crippen LogP contribution in [0.3, 0.4) is 0 Å². The molecule has 0 aromatic carbocycles. The van der Waals surface area contributed by atoms with Crippen molar-refractivity contribution in [3.8, 4) is 0 Å². The summed E-state index contributed by atoms with van der Waals surface area (Å²) in [4.78, 5) is 45.8.